The van der Waals surface area contributed by atoms with Crippen molar-refractivity contribution < 1.29 is 9.53 Å². The van der Waals surface area contributed by atoms with Gasteiger partial charge in [0.2, 0.25) is 5.91 Å². The molecule has 0 atom stereocenters. The first-order valence-corrected chi connectivity index (χ1v) is 6.77. The zero-order valence-corrected chi connectivity index (χ0v) is 11.4. The molecular weight excluding hydrogens is 216 g/mol. The first-order valence-electron chi connectivity index (χ1n) is 6.77. The van der Waals surface area contributed by atoms with E-state index in [1.165, 1.54) is 32.1 Å². The van der Waals surface area contributed by atoms with Crippen LogP contribution in [0.25, 0.3) is 0 Å². The van der Waals surface area contributed by atoms with Gasteiger partial charge in [0.25, 0.3) is 0 Å². The van der Waals surface area contributed by atoms with Crippen LogP contribution < -0.4 is 10.6 Å². The lowest BCUT2D eigenvalue weighted by Gasteiger charge is -2.06. The first-order chi connectivity index (χ1) is 8.31. The Labute approximate surface area is 105 Å². The number of ether oxygens (including phenoxy) is 1. The fraction of sp³-hybridized carbons (Fsp3) is 0.923. The maximum atomic E-state index is 11.3. The second-order valence-electron chi connectivity index (χ2n) is 4.26. The van der Waals surface area contributed by atoms with E-state index in [1.807, 2.05) is 0 Å². The number of hydrogen-bond acceptors (Lipinski definition) is 3. The smallest absolute Gasteiger partial charge is 0.221 e. The molecule has 0 saturated carbocycles. The van der Waals surface area contributed by atoms with Crippen LogP contribution in [0.5, 0.6) is 0 Å². The Balaban J connectivity index is 3.08. The van der Waals surface area contributed by atoms with Crippen molar-refractivity contribution in [3.63, 3.8) is 0 Å². The molecule has 0 aliphatic heterocycles. The molecule has 0 aromatic carbocycles. The van der Waals surface area contributed by atoms with Gasteiger partial charge in [-0.2, -0.15) is 0 Å². The molecule has 0 rings (SSSR count). The molecule has 0 radical (unpaired) electrons. The van der Waals surface area contributed by atoms with Crippen molar-refractivity contribution in [3.05, 3.63) is 0 Å². The number of carbonyl (C=O) groups excluding carboxylic acids is 1. The Hall–Kier alpha value is -0.610. The van der Waals surface area contributed by atoms with Gasteiger partial charge in [0.05, 0.1) is 6.61 Å². The molecule has 0 heterocycles. The molecule has 17 heavy (non-hydrogen) atoms. The number of hydrogen-bond donors (Lipinski definition) is 2. The van der Waals surface area contributed by atoms with E-state index in [0.717, 1.165) is 13.1 Å². The summed E-state index contributed by atoms with van der Waals surface area (Å²) in [4.78, 5) is 11.3. The highest BCUT2D eigenvalue weighted by Crippen LogP contribution is 2.00. The zero-order chi connectivity index (χ0) is 12.8. The minimum Gasteiger partial charge on any atom is -0.383 e. The lowest BCUT2D eigenvalue weighted by Crippen LogP contribution is -2.30. The Morgan fingerprint density at radius 3 is 2.53 bits per heavy atom. The van der Waals surface area contributed by atoms with E-state index in [9.17, 15) is 4.79 Å². The van der Waals surface area contributed by atoms with Crippen LogP contribution in [0.1, 0.15) is 45.4 Å². The van der Waals surface area contributed by atoms with Crippen LogP contribution >= 0.6 is 0 Å². The van der Waals surface area contributed by atoms with E-state index < -0.39 is 0 Å². The van der Waals surface area contributed by atoms with Crippen molar-refractivity contribution in [2.24, 2.45) is 0 Å². The van der Waals surface area contributed by atoms with E-state index >= 15 is 0 Å². The van der Waals surface area contributed by atoms with Crippen molar-refractivity contribution in [1.82, 2.24) is 10.6 Å². The maximum absolute atomic E-state index is 11.3. The average molecular weight is 244 g/mol. The lowest BCUT2D eigenvalue weighted by atomic mass is 10.1. The van der Waals surface area contributed by atoms with Gasteiger partial charge in [-0.05, 0) is 13.0 Å². The highest BCUT2D eigenvalue weighted by atomic mass is 16.5. The molecule has 2 N–H and O–H groups in total. The quantitative estimate of drug-likeness (QED) is 0.514. The second kappa shape index (κ2) is 13.5. The van der Waals surface area contributed by atoms with Crippen LogP contribution in [0.4, 0.5) is 0 Å². The van der Waals surface area contributed by atoms with E-state index in [-0.39, 0.29) is 5.91 Å². The topological polar surface area (TPSA) is 50.4 Å². The molecule has 0 unspecified atom stereocenters. The molecular formula is C13H28N2O2. The summed E-state index contributed by atoms with van der Waals surface area (Å²) in [6, 6.07) is 0. The highest BCUT2D eigenvalue weighted by molar-refractivity contribution is 5.75. The number of carbonyl (C=O) groups is 1. The van der Waals surface area contributed by atoms with Crippen LogP contribution in [-0.2, 0) is 9.53 Å². The van der Waals surface area contributed by atoms with Crippen LogP contribution in [0.3, 0.4) is 0 Å². The lowest BCUT2D eigenvalue weighted by molar-refractivity contribution is -0.121. The number of methoxy groups -OCH3 is 1. The van der Waals surface area contributed by atoms with Crippen molar-refractivity contribution >= 4 is 5.91 Å². The number of rotatable bonds is 12. The molecule has 102 valence electrons. The minimum absolute atomic E-state index is 0.0977. The molecule has 1 amide bonds. The monoisotopic (exact) mass is 244 g/mol. The fourth-order valence-corrected chi connectivity index (χ4v) is 1.56. The Morgan fingerprint density at radius 1 is 1.06 bits per heavy atom. The number of amides is 1. The van der Waals surface area contributed by atoms with E-state index in [1.54, 1.807) is 7.11 Å². The zero-order valence-electron chi connectivity index (χ0n) is 11.4. The third-order valence-corrected chi connectivity index (χ3v) is 2.61. The summed E-state index contributed by atoms with van der Waals surface area (Å²) < 4.78 is 4.85. The number of unbranched alkanes of at least 4 members (excludes halogenated alkanes) is 4. The van der Waals surface area contributed by atoms with Gasteiger partial charge >= 0.3 is 0 Å². The van der Waals surface area contributed by atoms with Crippen molar-refractivity contribution in [2.45, 2.75) is 45.4 Å². The van der Waals surface area contributed by atoms with Gasteiger partial charge in [-0.1, -0.05) is 32.6 Å². The van der Waals surface area contributed by atoms with Crippen LogP contribution in [0.15, 0.2) is 0 Å². The van der Waals surface area contributed by atoms with Crippen molar-refractivity contribution in [3.8, 4) is 0 Å². The van der Waals surface area contributed by atoms with Gasteiger partial charge in [-0.25, -0.2) is 0 Å². The molecule has 0 fully saturated rings. The molecule has 4 nitrogen and oxygen atoms in total. The summed E-state index contributed by atoms with van der Waals surface area (Å²) in [5.74, 6) is 0.0977. The van der Waals surface area contributed by atoms with E-state index in [0.29, 0.717) is 19.6 Å². The van der Waals surface area contributed by atoms with Crippen LogP contribution in [-0.4, -0.2) is 39.3 Å². The molecule has 0 aliphatic rings. The van der Waals surface area contributed by atoms with Crippen LogP contribution in [0.2, 0.25) is 0 Å². The van der Waals surface area contributed by atoms with Gasteiger partial charge in [-0.3, -0.25) is 4.79 Å². The van der Waals surface area contributed by atoms with Gasteiger partial charge in [0.1, 0.15) is 0 Å². The van der Waals surface area contributed by atoms with Gasteiger partial charge in [-0.15, -0.1) is 0 Å². The van der Waals surface area contributed by atoms with Gasteiger partial charge in [0.15, 0.2) is 0 Å². The summed E-state index contributed by atoms with van der Waals surface area (Å²) in [7, 11) is 1.63. The highest BCUT2D eigenvalue weighted by Gasteiger charge is 1.99. The predicted molar refractivity (Wildman–Crippen MR) is 71.1 cm³/mol. The van der Waals surface area contributed by atoms with Gasteiger partial charge in [0, 0.05) is 26.6 Å². The van der Waals surface area contributed by atoms with E-state index in [2.05, 4.69) is 17.6 Å². The Kier molecular flexibility index (Phi) is 13.0. The summed E-state index contributed by atoms with van der Waals surface area (Å²) in [6.45, 7) is 5.20. The average Bonchev–Trinajstić information content (AvgIpc) is 2.33. The third-order valence-electron chi connectivity index (χ3n) is 2.61. The normalized spacial score (nSPS) is 10.5. The van der Waals surface area contributed by atoms with E-state index in [4.69, 9.17) is 4.74 Å². The molecule has 0 aliphatic carbocycles. The summed E-state index contributed by atoms with van der Waals surface area (Å²) >= 11 is 0. The molecule has 0 bridgehead atoms. The SMILES string of the molecule is CCCCCCCNCCC(=O)NCCOC. The summed E-state index contributed by atoms with van der Waals surface area (Å²) in [5.41, 5.74) is 0. The first kappa shape index (κ1) is 16.4. The number of nitrogens with one attached hydrogen (secondary N) is 2. The molecule has 0 spiro atoms. The maximum Gasteiger partial charge on any atom is 0.221 e. The van der Waals surface area contributed by atoms with Crippen LogP contribution in [0, 0.1) is 0 Å². The molecule has 4 heteroatoms. The third kappa shape index (κ3) is 13.3. The van der Waals surface area contributed by atoms with Crippen molar-refractivity contribution in [1.29, 1.82) is 0 Å². The Bertz CT molecular complexity index is 175. The largest absolute Gasteiger partial charge is 0.383 e. The second-order valence-corrected chi connectivity index (χ2v) is 4.26. The minimum atomic E-state index is 0.0977. The molecule has 0 aromatic heterocycles. The standard InChI is InChI=1S/C13H28N2O2/c1-3-4-5-6-7-9-14-10-8-13(16)15-11-12-17-2/h14H,3-12H2,1-2H3,(H,15,16). The summed E-state index contributed by atoms with van der Waals surface area (Å²) in [6.07, 6.45) is 7.01. The van der Waals surface area contributed by atoms with Crippen molar-refractivity contribution in [2.75, 3.05) is 33.4 Å². The van der Waals surface area contributed by atoms with Gasteiger partial charge < -0.3 is 15.4 Å². The molecule has 0 saturated heterocycles. The molecule has 0 aromatic rings. The predicted octanol–water partition coefficient (Wildman–Crippen LogP) is 1.70. The Morgan fingerprint density at radius 2 is 1.82 bits per heavy atom. The fourth-order valence-electron chi connectivity index (χ4n) is 1.56. The summed E-state index contributed by atoms with van der Waals surface area (Å²) in [5, 5.41) is 6.09.